The normalized spacial score (nSPS) is 16.4. The Morgan fingerprint density at radius 3 is 2.53 bits per heavy atom. The lowest BCUT2D eigenvalue weighted by Crippen LogP contribution is -2.43. The van der Waals surface area contributed by atoms with Crippen LogP contribution in [0, 0.1) is 0 Å². The third-order valence-electron chi connectivity index (χ3n) is 5.21. The highest BCUT2D eigenvalue weighted by atomic mass is 35.5. The number of fused-ring (bicyclic) bond motifs is 1. The summed E-state index contributed by atoms with van der Waals surface area (Å²) in [7, 11) is 0. The molecule has 0 bridgehead atoms. The molecule has 3 nitrogen and oxygen atoms in total. The minimum Gasteiger partial charge on any atom is -0.370 e. The van der Waals surface area contributed by atoms with Crippen LogP contribution in [0.15, 0.2) is 54.9 Å². The molecule has 0 radical (unpaired) electrons. The van der Waals surface area contributed by atoms with Crippen molar-refractivity contribution in [1.29, 1.82) is 0 Å². The van der Waals surface area contributed by atoms with E-state index in [1.807, 2.05) is 0 Å². The fourth-order valence-electron chi connectivity index (χ4n) is 3.63. The van der Waals surface area contributed by atoms with Crippen LogP contribution in [0.25, 0.3) is 0 Å². The van der Waals surface area contributed by atoms with Crippen molar-refractivity contribution >= 4 is 23.2 Å². The molecule has 1 amide bonds. The highest BCUT2D eigenvalue weighted by Gasteiger charge is 2.58. The van der Waals surface area contributed by atoms with Crippen LogP contribution in [0.5, 0.6) is 0 Å². The van der Waals surface area contributed by atoms with Crippen LogP contribution in [0.4, 0.5) is 23.2 Å². The lowest BCUT2D eigenvalue weighted by molar-refractivity contribution is -0.255. The van der Waals surface area contributed by atoms with Crippen LogP contribution in [-0.4, -0.2) is 23.7 Å². The van der Waals surface area contributed by atoms with Crippen molar-refractivity contribution in [3.05, 3.63) is 76.6 Å². The summed E-state index contributed by atoms with van der Waals surface area (Å²) in [5.41, 5.74) is -2.85. The lowest BCUT2D eigenvalue weighted by Gasteiger charge is -2.30. The lowest BCUT2D eigenvalue weighted by atomic mass is 9.89. The summed E-state index contributed by atoms with van der Waals surface area (Å²) >= 11 is 5.97. The summed E-state index contributed by atoms with van der Waals surface area (Å²) in [6.07, 6.45) is -3.50. The van der Waals surface area contributed by atoms with Crippen LogP contribution in [0.1, 0.15) is 29.5 Å². The van der Waals surface area contributed by atoms with Crippen molar-refractivity contribution in [2.75, 3.05) is 11.4 Å². The molecule has 0 aromatic heterocycles. The minimum absolute atomic E-state index is 0.0789. The third-order valence-corrected chi connectivity index (χ3v) is 5.45. The van der Waals surface area contributed by atoms with Crippen molar-refractivity contribution in [2.24, 2.45) is 0 Å². The number of halogens is 5. The number of anilines is 1. The van der Waals surface area contributed by atoms with Crippen molar-refractivity contribution in [3.63, 3.8) is 0 Å². The largest absolute Gasteiger partial charge is 0.428 e. The number of rotatable bonds is 4. The second-order valence-electron chi connectivity index (χ2n) is 7.27. The fraction of sp³-hybridized carbons (Fsp3) is 0.318. The zero-order valence-corrected chi connectivity index (χ0v) is 16.7. The maximum Gasteiger partial charge on any atom is 0.428 e. The maximum atomic E-state index is 13.7. The van der Waals surface area contributed by atoms with Gasteiger partial charge in [-0.2, -0.15) is 13.2 Å². The van der Waals surface area contributed by atoms with Crippen molar-refractivity contribution in [2.45, 2.75) is 37.5 Å². The van der Waals surface area contributed by atoms with Gasteiger partial charge in [-0.05, 0) is 48.6 Å². The standard InChI is InChI=1S/C22H20ClF4NO2/c1-14(24)21(30,22(25,26)27)17-8-9-19-16(13-17)6-2-3-10-28(19)20(29)12-15-5-4-7-18(23)11-15/h4-5,7-9,11,13,30H,1-3,6,10,12H2. The Morgan fingerprint density at radius 2 is 1.90 bits per heavy atom. The van der Waals surface area contributed by atoms with Gasteiger partial charge in [0.25, 0.3) is 0 Å². The first-order valence-electron chi connectivity index (χ1n) is 9.36. The summed E-state index contributed by atoms with van der Waals surface area (Å²) in [4.78, 5) is 14.4. The van der Waals surface area contributed by atoms with Gasteiger partial charge in [0.2, 0.25) is 11.5 Å². The minimum atomic E-state index is -5.28. The Labute approximate surface area is 176 Å². The Hall–Kier alpha value is -2.38. The molecule has 0 fully saturated rings. The van der Waals surface area contributed by atoms with Crippen LogP contribution < -0.4 is 4.90 Å². The molecule has 1 aliphatic rings. The van der Waals surface area contributed by atoms with Crippen molar-refractivity contribution in [3.8, 4) is 0 Å². The summed E-state index contributed by atoms with van der Waals surface area (Å²) in [5, 5.41) is 10.6. The van der Waals surface area contributed by atoms with Gasteiger partial charge in [-0.3, -0.25) is 4.79 Å². The molecule has 0 spiro atoms. The van der Waals surface area contributed by atoms with Gasteiger partial charge in [0.15, 0.2) is 0 Å². The van der Waals surface area contributed by atoms with E-state index in [1.54, 1.807) is 24.3 Å². The van der Waals surface area contributed by atoms with Gasteiger partial charge in [0, 0.05) is 22.8 Å². The van der Waals surface area contributed by atoms with Crippen LogP contribution in [-0.2, 0) is 23.2 Å². The molecular weight excluding hydrogens is 422 g/mol. The van der Waals surface area contributed by atoms with Crippen LogP contribution in [0.3, 0.4) is 0 Å². The van der Waals surface area contributed by atoms with E-state index in [4.69, 9.17) is 11.6 Å². The monoisotopic (exact) mass is 441 g/mol. The van der Waals surface area contributed by atoms with E-state index in [1.165, 1.54) is 11.0 Å². The first kappa shape index (κ1) is 22.3. The Balaban J connectivity index is 1.97. The molecule has 2 aromatic rings. The molecule has 160 valence electrons. The predicted octanol–water partition coefficient (Wildman–Crippen LogP) is 5.49. The van der Waals surface area contributed by atoms with E-state index < -0.39 is 23.2 Å². The van der Waals surface area contributed by atoms with E-state index >= 15 is 0 Å². The molecule has 0 aliphatic carbocycles. The Kier molecular flexibility index (Phi) is 6.24. The van der Waals surface area contributed by atoms with Crippen LogP contribution >= 0.6 is 11.6 Å². The van der Waals surface area contributed by atoms with Gasteiger partial charge >= 0.3 is 6.18 Å². The molecule has 1 unspecified atom stereocenters. The smallest absolute Gasteiger partial charge is 0.370 e. The highest BCUT2D eigenvalue weighted by molar-refractivity contribution is 6.30. The molecule has 2 aromatic carbocycles. The van der Waals surface area contributed by atoms with Gasteiger partial charge in [-0.15, -0.1) is 0 Å². The van der Waals surface area contributed by atoms with Gasteiger partial charge < -0.3 is 10.0 Å². The molecular formula is C22H20ClF4NO2. The van der Waals surface area contributed by atoms with Crippen molar-refractivity contribution in [1.82, 2.24) is 0 Å². The number of hydrogen-bond donors (Lipinski definition) is 1. The van der Waals surface area contributed by atoms with E-state index in [2.05, 4.69) is 6.58 Å². The average Bonchev–Trinajstić information content (AvgIpc) is 2.88. The molecule has 1 heterocycles. The number of benzene rings is 2. The number of alkyl halides is 3. The Morgan fingerprint density at radius 1 is 1.17 bits per heavy atom. The average molecular weight is 442 g/mol. The Bertz CT molecular complexity index is 976. The number of aliphatic hydroxyl groups is 1. The summed E-state index contributed by atoms with van der Waals surface area (Å²) in [6, 6.07) is 10.3. The molecule has 3 rings (SSSR count). The summed E-state index contributed by atoms with van der Waals surface area (Å²) in [6.45, 7) is 3.09. The third kappa shape index (κ3) is 4.23. The van der Waals surface area contributed by atoms with Crippen LogP contribution in [0.2, 0.25) is 5.02 Å². The van der Waals surface area contributed by atoms with E-state index in [0.717, 1.165) is 17.7 Å². The predicted molar refractivity (Wildman–Crippen MR) is 107 cm³/mol. The second-order valence-corrected chi connectivity index (χ2v) is 7.70. The number of carbonyl (C=O) groups excluding carboxylic acids is 1. The highest BCUT2D eigenvalue weighted by Crippen LogP contribution is 2.45. The number of aryl methyl sites for hydroxylation is 1. The van der Waals surface area contributed by atoms with E-state index in [9.17, 15) is 27.5 Å². The number of carbonyl (C=O) groups is 1. The van der Waals surface area contributed by atoms with Gasteiger partial charge in [0.1, 0.15) is 5.83 Å². The first-order valence-corrected chi connectivity index (χ1v) is 9.74. The number of nitrogens with zero attached hydrogens (tertiary/aromatic N) is 1. The molecule has 0 saturated carbocycles. The van der Waals surface area contributed by atoms with Gasteiger partial charge in [-0.1, -0.05) is 42.4 Å². The summed E-state index contributed by atoms with van der Waals surface area (Å²) in [5.74, 6) is -2.13. The molecule has 8 heteroatoms. The second kappa shape index (κ2) is 8.40. The summed E-state index contributed by atoms with van der Waals surface area (Å²) < 4.78 is 53.9. The molecule has 30 heavy (non-hydrogen) atoms. The molecule has 1 atom stereocenters. The van der Waals surface area contributed by atoms with Crippen molar-refractivity contribution < 1.29 is 27.5 Å². The molecule has 0 saturated heterocycles. The fourth-order valence-corrected chi connectivity index (χ4v) is 3.84. The van der Waals surface area contributed by atoms with Gasteiger partial charge in [-0.25, -0.2) is 4.39 Å². The number of hydrogen-bond acceptors (Lipinski definition) is 2. The SMILES string of the molecule is C=C(F)C(O)(c1ccc2c(c1)CCCCN2C(=O)Cc1cccc(Cl)c1)C(F)(F)F. The van der Waals surface area contributed by atoms with E-state index in [0.29, 0.717) is 42.1 Å². The van der Waals surface area contributed by atoms with Gasteiger partial charge in [0.05, 0.1) is 6.42 Å². The molecule has 1 aliphatic heterocycles. The first-order chi connectivity index (χ1) is 14.0. The zero-order valence-electron chi connectivity index (χ0n) is 16.0. The zero-order chi connectivity index (χ0) is 22.1. The number of amides is 1. The topological polar surface area (TPSA) is 40.5 Å². The quantitative estimate of drug-likeness (QED) is 0.638. The van der Waals surface area contributed by atoms with E-state index in [-0.39, 0.29) is 12.3 Å². The molecule has 1 N–H and O–H groups in total. The maximum absolute atomic E-state index is 13.7.